The quantitative estimate of drug-likeness (QED) is 0.236. The zero-order valence-corrected chi connectivity index (χ0v) is 28.4. The maximum atomic E-state index is 10.0. The molecule has 2 N–H and O–H groups in total. The maximum Gasteiger partial charge on any atom is 0.372 e. The molecule has 0 bridgehead atoms. The normalized spacial score (nSPS) is 24.0. The third-order valence-corrected chi connectivity index (χ3v) is 1.21. The number of cyclic esters (lactones) is 2. The molecule has 0 unspecified atom stereocenters. The number of hydrogen-bond donors (Lipinski definition) is 2. The zero-order valence-electron chi connectivity index (χ0n) is 9.22. The Balaban J connectivity index is -0.000000196. The minimum atomic E-state index is -0.479. The van der Waals surface area contributed by atoms with Crippen LogP contribution in [0.1, 0.15) is 0 Å². The third-order valence-electron chi connectivity index (χ3n) is 1.21. The van der Waals surface area contributed by atoms with Gasteiger partial charge in [0.25, 0.3) is 0 Å². The van der Waals surface area contributed by atoms with Gasteiger partial charge in [-0.2, -0.15) is 0 Å². The smallest absolute Gasteiger partial charge is 0.372 e. The van der Waals surface area contributed by atoms with Gasteiger partial charge in [-0.1, -0.05) is 11.9 Å². The van der Waals surface area contributed by atoms with Crippen molar-refractivity contribution in [3.8, 4) is 0 Å². The standard InChI is InChI=1S/2C3H3BNO2.3Rf/c2*4-2-1-7-3(6)5-2;;;/h2*1-2H,(H,5,6);;;/q2*-1;;;/t2*2-;;;/m11.../s1. The summed E-state index contributed by atoms with van der Waals surface area (Å²) in [6, 6.07) is 0. The predicted octanol–water partition coefficient (Wildman–Crippen LogP) is -1.23. The zero-order chi connectivity index (χ0) is 10.6. The first-order valence-electron chi connectivity index (χ1n) is 3.70. The second-order valence-corrected chi connectivity index (χ2v) is 2.42. The number of carbonyl (C=O) groups excluding carboxylic acids is 2. The van der Waals surface area contributed by atoms with Crippen molar-refractivity contribution in [2.45, 2.75) is 11.9 Å². The molecule has 0 aromatic rings. The van der Waals surface area contributed by atoms with Crippen LogP contribution in [0.4, 0.5) is 9.59 Å². The minimum absolute atomic E-state index is 0. The van der Waals surface area contributed by atoms with Gasteiger partial charge < -0.3 is 20.1 Å². The molecule has 0 aromatic carbocycles. The van der Waals surface area contributed by atoms with E-state index in [9.17, 15) is 9.59 Å². The molecule has 2 rings (SSSR count). The Morgan fingerprint density at radius 1 is 0.882 bits per heavy atom. The van der Waals surface area contributed by atoms with Crippen LogP contribution in [0.5, 0.6) is 0 Å². The molecule has 0 aromatic heterocycles. The largest absolute Gasteiger partial charge is 0.620 e. The second-order valence-electron chi connectivity index (χ2n) is 2.42. The fourth-order valence-corrected chi connectivity index (χ4v) is 0.678. The molecule has 0 spiro atoms. The molecular formula is C6H6B2N2O4Rf3-2. The van der Waals surface area contributed by atoms with Crippen molar-refractivity contribution in [3.63, 3.8) is 0 Å². The van der Waals surface area contributed by atoms with Crippen LogP contribution in [0.25, 0.3) is 0 Å². The summed E-state index contributed by atoms with van der Waals surface area (Å²) in [4.78, 5) is 20.0. The Hall–Kier alpha value is -4.33. The minimum Gasteiger partial charge on any atom is -0.620 e. The Kier molecular flexibility index (Phi) is 7.72. The molecule has 17 heavy (non-hydrogen) atoms. The summed E-state index contributed by atoms with van der Waals surface area (Å²) in [5, 5.41) is 4.56. The van der Waals surface area contributed by atoms with E-state index in [1.165, 1.54) is 13.2 Å². The van der Waals surface area contributed by atoms with Crippen molar-refractivity contribution in [2.24, 2.45) is 0 Å². The Morgan fingerprint density at radius 3 is 1.24 bits per heavy atom. The molecule has 78 valence electrons. The summed E-state index contributed by atoms with van der Waals surface area (Å²) in [5.74, 6) is -0.847. The van der Waals surface area contributed by atoms with Crippen LogP contribution in [-0.2, 0) is 9.47 Å². The van der Waals surface area contributed by atoms with Crippen LogP contribution in [0.3, 0.4) is 0 Å². The van der Waals surface area contributed by atoms with Crippen LogP contribution < -0.4 is 10.6 Å². The van der Waals surface area contributed by atoms with Gasteiger partial charge in [-0.15, -0.1) is 13.2 Å². The summed E-state index contributed by atoms with van der Waals surface area (Å²) >= 11 is 0. The van der Waals surface area contributed by atoms with Crippen LogP contribution >= 0.6 is 0 Å². The van der Waals surface area contributed by atoms with E-state index >= 15 is 0 Å². The summed E-state index contributed by atoms with van der Waals surface area (Å²) in [6.07, 6.45) is -0.958. The van der Waals surface area contributed by atoms with Crippen LogP contribution in [0.2, 0.25) is 0 Å². The fourth-order valence-electron chi connectivity index (χ4n) is 0.678. The van der Waals surface area contributed by atoms with E-state index in [-0.39, 0.29) is 0 Å². The molecule has 2 heterocycles. The van der Waals surface area contributed by atoms with Gasteiger partial charge in [0, 0.05) is 0 Å². The number of amides is 2. The molecule has 0 saturated carbocycles. The van der Waals surface area contributed by atoms with Gasteiger partial charge in [-0.05, 0) is 0 Å². The second kappa shape index (κ2) is 7.11. The fraction of sp³-hybridized carbons (Fsp3) is 0.333. The van der Waals surface area contributed by atoms with Crippen LogP contribution in [0, 0.1) is 13.2 Å². The molecule has 6 nitrogen and oxygen atoms in total. The number of rotatable bonds is 0. The topological polar surface area (TPSA) is 76.7 Å². The molecule has 4 radical (unpaired) electrons. The van der Waals surface area contributed by atoms with Crippen LogP contribution in [-0.4, -0.2) is 39.8 Å². The Morgan fingerprint density at radius 2 is 1.18 bits per heavy atom. The van der Waals surface area contributed by atoms with Gasteiger partial charge in [-0.25, -0.2) is 9.59 Å². The molecule has 0 aliphatic carbocycles. The van der Waals surface area contributed by atoms with Crippen molar-refractivity contribution in [3.05, 3.63) is 13.2 Å². The number of carbonyl (C=O) groups is 2. The van der Waals surface area contributed by atoms with Gasteiger partial charge in [0.05, 0.1) is 15.7 Å². The number of nitrogens with one attached hydrogen (secondary N) is 2. The molecular weight excluding hydrogens is 987 g/mol. The van der Waals surface area contributed by atoms with E-state index in [2.05, 4.69) is 20.1 Å². The van der Waals surface area contributed by atoms with E-state index in [1.54, 1.807) is 0 Å². The molecule has 2 saturated heterocycles. The monoisotopic (exact) mass is 993 g/mol. The molecule has 2 atom stereocenters. The maximum absolute atomic E-state index is 10.0. The van der Waals surface area contributed by atoms with Gasteiger partial charge in [-0.3, -0.25) is 0 Å². The van der Waals surface area contributed by atoms with Crippen molar-refractivity contribution in [2.75, 3.05) is 0 Å². The predicted molar refractivity (Wildman–Crippen MR) is 46.9 cm³/mol. The van der Waals surface area contributed by atoms with Crippen molar-refractivity contribution >= 4 is 27.9 Å². The summed E-state index contributed by atoms with van der Waals surface area (Å²) in [6.45, 7) is 2.48. The van der Waals surface area contributed by atoms with Crippen molar-refractivity contribution < 1.29 is 19.1 Å². The summed E-state index contributed by atoms with van der Waals surface area (Å²) in [7, 11) is 10.2. The molecule has 2 aliphatic heterocycles. The van der Waals surface area contributed by atoms with E-state index in [4.69, 9.17) is 15.7 Å². The first-order valence-corrected chi connectivity index (χ1v) is 3.70. The van der Waals surface area contributed by atoms with E-state index in [1.807, 2.05) is 0 Å². The first-order chi connectivity index (χ1) is 6.58. The van der Waals surface area contributed by atoms with Crippen LogP contribution in [0.15, 0.2) is 0 Å². The summed E-state index contributed by atoms with van der Waals surface area (Å²) < 4.78 is 8.53. The third kappa shape index (κ3) is 5.84. The average molecular weight is 993 g/mol. The molecule has 2 aliphatic rings. The van der Waals surface area contributed by atoms with Gasteiger partial charge in [0.2, 0.25) is 0 Å². The molecule has 11 heteroatoms. The van der Waals surface area contributed by atoms with E-state index in [0.29, 0.717) is 0 Å². The Labute approximate surface area is 83.5 Å². The molecule has 2 fully saturated rings. The van der Waals surface area contributed by atoms with E-state index in [0.717, 1.165) is 0 Å². The number of ether oxygens (including phenoxy) is 2. The van der Waals surface area contributed by atoms with Gasteiger partial charge in [0.15, 0.2) is 0 Å². The van der Waals surface area contributed by atoms with Gasteiger partial charge in [0.1, 0.15) is 0 Å². The SMILES string of the molecule is [B][C@H]1[CH-]OC(=O)N1.[B][C@H]1[CH-]OC(=O)N1.[Rf].[Rf].[Rf]. The molecule has 2 amide bonds. The number of alkyl carbamates (subject to hydrolysis) is 2. The van der Waals surface area contributed by atoms with E-state index < -0.39 is 24.1 Å². The Bertz CT molecular complexity index is 225. The van der Waals surface area contributed by atoms with Gasteiger partial charge >= 0.3 is 12.2 Å². The van der Waals surface area contributed by atoms with Crippen molar-refractivity contribution in [1.29, 1.82) is 0 Å². The first kappa shape index (κ1) is 18.5. The summed E-state index contributed by atoms with van der Waals surface area (Å²) in [5.41, 5.74) is 0. The average Bonchev–Trinajstić information content (AvgIpc) is 2.63. The van der Waals surface area contributed by atoms with Crippen molar-refractivity contribution in [1.82, 2.24) is 10.6 Å². The number of hydrogen-bond acceptors (Lipinski definition) is 4.